The minimum Gasteiger partial charge on any atom is -0.368 e. The van der Waals surface area contributed by atoms with Crippen LogP contribution in [0.2, 0.25) is 5.02 Å². The molecule has 1 aromatic rings. The quantitative estimate of drug-likeness (QED) is 0.559. The lowest BCUT2D eigenvalue weighted by Gasteiger charge is -2.38. The van der Waals surface area contributed by atoms with Crippen LogP contribution in [0.1, 0.15) is 19.8 Å². The van der Waals surface area contributed by atoms with Crippen LogP contribution in [-0.2, 0) is 10.0 Å². The maximum absolute atomic E-state index is 11.7. The van der Waals surface area contributed by atoms with Crippen molar-refractivity contribution in [2.45, 2.75) is 19.8 Å². The van der Waals surface area contributed by atoms with Crippen molar-refractivity contribution in [1.29, 1.82) is 0 Å². The molecule has 0 saturated carbocycles. The molecular weight excluding hydrogens is 410 g/mol. The summed E-state index contributed by atoms with van der Waals surface area (Å²) in [6.45, 7) is 8.54. The zero-order chi connectivity index (χ0) is 20.9. The van der Waals surface area contributed by atoms with Crippen molar-refractivity contribution in [2.24, 2.45) is 10.9 Å². The fraction of sp³-hybridized carbons (Fsp3) is 0.650. The molecule has 2 aliphatic rings. The Morgan fingerprint density at radius 1 is 1.17 bits per heavy atom. The molecule has 162 valence electrons. The van der Waals surface area contributed by atoms with Crippen molar-refractivity contribution in [3.8, 4) is 0 Å². The number of guanidine groups is 1. The fourth-order valence-electron chi connectivity index (χ4n) is 3.91. The van der Waals surface area contributed by atoms with Crippen LogP contribution in [0.5, 0.6) is 0 Å². The number of nitrogens with one attached hydrogen (secondary N) is 1. The summed E-state index contributed by atoms with van der Waals surface area (Å²) >= 11 is 6.13. The lowest BCUT2D eigenvalue weighted by atomic mass is 9.98. The molecule has 0 unspecified atom stereocenters. The molecule has 29 heavy (non-hydrogen) atoms. The first kappa shape index (κ1) is 22.2. The van der Waals surface area contributed by atoms with Gasteiger partial charge in [-0.05, 0) is 43.9 Å². The highest BCUT2D eigenvalue weighted by Crippen LogP contribution is 2.22. The number of hydrogen-bond donors (Lipinski definition) is 1. The summed E-state index contributed by atoms with van der Waals surface area (Å²) in [6, 6.07) is 8.01. The van der Waals surface area contributed by atoms with Gasteiger partial charge in [0.2, 0.25) is 10.0 Å². The van der Waals surface area contributed by atoms with Gasteiger partial charge in [-0.25, -0.2) is 12.7 Å². The van der Waals surface area contributed by atoms with E-state index in [1.54, 1.807) is 4.31 Å². The Kier molecular flexibility index (Phi) is 7.65. The van der Waals surface area contributed by atoms with Gasteiger partial charge in [0.15, 0.2) is 5.96 Å². The number of piperazine rings is 1. The molecule has 0 radical (unpaired) electrons. The SMILES string of the molecule is CCNC(=NCC1CCN(S(C)(=O)=O)CC1)N1CCN(c2cccc(Cl)c2)CC1. The number of aliphatic imine (C=N–C) groups is 1. The van der Waals surface area contributed by atoms with Gasteiger partial charge in [-0.2, -0.15) is 0 Å². The predicted octanol–water partition coefficient (Wildman–Crippen LogP) is 2.10. The highest BCUT2D eigenvalue weighted by Gasteiger charge is 2.25. The number of rotatable bonds is 5. The number of nitrogens with zero attached hydrogens (tertiary/aromatic N) is 4. The Balaban J connectivity index is 1.53. The van der Waals surface area contributed by atoms with Crippen LogP contribution in [0, 0.1) is 5.92 Å². The van der Waals surface area contributed by atoms with E-state index in [9.17, 15) is 8.42 Å². The molecule has 7 nitrogen and oxygen atoms in total. The van der Waals surface area contributed by atoms with E-state index in [1.165, 1.54) is 6.26 Å². The number of hydrogen-bond acceptors (Lipinski definition) is 4. The van der Waals surface area contributed by atoms with Crippen molar-refractivity contribution in [2.75, 3.05) is 63.5 Å². The maximum Gasteiger partial charge on any atom is 0.211 e. The maximum atomic E-state index is 11.7. The molecule has 0 aliphatic carbocycles. The second-order valence-corrected chi connectivity index (χ2v) is 10.2. The van der Waals surface area contributed by atoms with E-state index in [-0.39, 0.29) is 0 Å². The number of anilines is 1. The third-order valence-electron chi connectivity index (χ3n) is 5.63. The zero-order valence-electron chi connectivity index (χ0n) is 17.3. The van der Waals surface area contributed by atoms with Gasteiger partial charge < -0.3 is 15.1 Å². The van der Waals surface area contributed by atoms with Crippen molar-refractivity contribution < 1.29 is 8.42 Å². The fourth-order valence-corrected chi connectivity index (χ4v) is 4.97. The minimum absolute atomic E-state index is 0.439. The summed E-state index contributed by atoms with van der Waals surface area (Å²) in [5, 5.41) is 4.18. The molecule has 0 spiro atoms. The van der Waals surface area contributed by atoms with Gasteiger partial charge in [0.05, 0.1) is 6.26 Å². The smallest absolute Gasteiger partial charge is 0.211 e. The Morgan fingerprint density at radius 2 is 1.86 bits per heavy atom. The first-order valence-corrected chi connectivity index (χ1v) is 12.6. The third-order valence-corrected chi connectivity index (χ3v) is 7.17. The van der Waals surface area contributed by atoms with Gasteiger partial charge >= 0.3 is 0 Å². The van der Waals surface area contributed by atoms with Crippen LogP contribution in [-0.4, -0.2) is 82.2 Å². The van der Waals surface area contributed by atoms with Crippen molar-refractivity contribution in [3.05, 3.63) is 29.3 Å². The lowest BCUT2D eigenvalue weighted by Crippen LogP contribution is -2.52. The van der Waals surface area contributed by atoms with E-state index in [0.29, 0.717) is 19.0 Å². The standard InChI is InChI=1S/C20H32ClN5O2S/c1-3-22-20(23-16-17-7-9-26(10-8-17)29(2,27)28)25-13-11-24(12-14-25)19-6-4-5-18(21)15-19/h4-6,15,17H,3,7-14,16H2,1-2H3,(H,22,23). The second-order valence-electron chi connectivity index (χ2n) is 7.75. The molecule has 2 aliphatic heterocycles. The van der Waals surface area contributed by atoms with Gasteiger partial charge in [0.1, 0.15) is 0 Å². The highest BCUT2D eigenvalue weighted by molar-refractivity contribution is 7.88. The molecule has 3 rings (SSSR count). The van der Waals surface area contributed by atoms with Crippen LogP contribution in [0.3, 0.4) is 0 Å². The molecular formula is C20H32ClN5O2S. The molecule has 1 N–H and O–H groups in total. The summed E-state index contributed by atoms with van der Waals surface area (Å²) < 4.78 is 24.9. The van der Waals surface area contributed by atoms with Crippen molar-refractivity contribution in [1.82, 2.24) is 14.5 Å². The summed E-state index contributed by atoms with van der Waals surface area (Å²) in [5.74, 6) is 1.40. The summed E-state index contributed by atoms with van der Waals surface area (Å²) in [7, 11) is -3.07. The van der Waals surface area contributed by atoms with Gasteiger partial charge in [-0.1, -0.05) is 17.7 Å². The van der Waals surface area contributed by atoms with Gasteiger partial charge in [0.25, 0.3) is 0 Å². The van der Waals surface area contributed by atoms with Gasteiger partial charge in [0, 0.05) is 63.1 Å². The van der Waals surface area contributed by atoms with E-state index in [2.05, 4.69) is 28.1 Å². The Labute approximate surface area is 179 Å². The minimum atomic E-state index is -3.07. The topological polar surface area (TPSA) is 68.2 Å². The van der Waals surface area contributed by atoms with Gasteiger partial charge in [-0.15, -0.1) is 0 Å². The average molecular weight is 442 g/mol. The molecule has 2 heterocycles. The Morgan fingerprint density at radius 3 is 2.45 bits per heavy atom. The van der Waals surface area contributed by atoms with Crippen molar-refractivity contribution in [3.63, 3.8) is 0 Å². The van der Waals surface area contributed by atoms with E-state index in [4.69, 9.17) is 16.6 Å². The lowest BCUT2D eigenvalue weighted by molar-refractivity contribution is 0.279. The molecule has 2 fully saturated rings. The molecule has 0 bridgehead atoms. The van der Waals surface area contributed by atoms with Crippen LogP contribution in [0.15, 0.2) is 29.3 Å². The Hall–Kier alpha value is -1.51. The molecule has 2 saturated heterocycles. The number of halogens is 1. The summed E-state index contributed by atoms with van der Waals surface area (Å²) in [6.07, 6.45) is 3.04. The van der Waals surface area contributed by atoms with E-state index < -0.39 is 10.0 Å². The molecule has 1 aromatic carbocycles. The number of sulfonamides is 1. The number of benzene rings is 1. The van der Waals surface area contributed by atoms with Crippen LogP contribution >= 0.6 is 11.6 Å². The van der Waals surface area contributed by atoms with E-state index in [0.717, 1.165) is 68.8 Å². The first-order valence-electron chi connectivity index (χ1n) is 10.4. The number of piperidine rings is 1. The second kappa shape index (κ2) is 10.00. The van der Waals surface area contributed by atoms with Crippen LogP contribution < -0.4 is 10.2 Å². The van der Waals surface area contributed by atoms with Crippen LogP contribution in [0.4, 0.5) is 5.69 Å². The molecule has 0 amide bonds. The monoisotopic (exact) mass is 441 g/mol. The first-order chi connectivity index (χ1) is 13.9. The average Bonchev–Trinajstić information content (AvgIpc) is 2.71. The predicted molar refractivity (Wildman–Crippen MR) is 120 cm³/mol. The normalized spacial score (nSPS) is 20.2. The zero-order valence-corrected chi connectivity index (χ0v) is 18.9. The largest absolute Gasteiger partial charge is 0.368 e. The molecule has 0 aromatic heterocycles. The van der Waals surface area contributed by atoms with Crippen LogP contribution in [0.25, 0.3) is 0 Å². The third kappa shape index (κ3) is 6.23. The Bertz CT molecular complexity index is 801. The van der Waals surface area contributed by atoms with Crippen molar-refractivity contribution >= 4 is 33.3 Å². The van der Waals surface area contributed by atoms with Gasteiger partial charge in [-0.3, -0.25) is 4.99 Å². The highest BCUT2D eigenvalue weighted by atomic mass is 35.5. The molecule has 0 atom stereocenters. The summed E-state index contributed by atoms with van der Waals surface area (Å²) in [5.41, 5.74) is 1.16. The molecule has 9 heteroatoms. The van der Waals surface area contributed by atoms with E-state index >= 15 is 0 Å². The summed E-state index contributed by atoms with van der Waals surface area (Å²) in [4.78, 5) is 9.55. The van der Waals surface area contributed by atoms with E-state index in [1.807, 2.05) is 18.2 Å².